The third kappa shape index (κ3) is 1.74. The summed E-state index contributed by atoms with van der Waals surface area (Å²) in [6.07, 6.45) is 0.135. The normalized spacial score (nSPS) is 9.42. The molecular weight excluding hydrogens is 223 g/mol. The standard InChI is InChI=1S/C8H6BrFN2/c9-6-4-8(12)5(1-2-11)3-7(6)10/h3-4H,1,12H2. The molecule has 0 atom stereocenters. The van der Waals surface area contributed by atoms with Crippen molar-refractivity contribution in [3.05, 3.63) is 28.0 Å². The molecular formula is C8H6BrFN2. The van der Waals surface area contributed by atoms with Crippen LogP contribution in [0.25, 0.3) is 0 Å². The molecule has 0 heterocycles. The number of nitriles is 1. The number of nitrogen functional groups attached to an aromatic ring is 1. The molecule has 2 nitrogen and oxygen atoms in total. The number of anilines is 1. The maximum absolute atomic E-state index is 12.9. The van der Waals surface area contributed by atoms with Gasteiger partial charge < -0.3 is 5.73 Å². The van der Waals surface area contributed by atoms with Gasteiger partial charge in [-0.1, -0.05) is 0 Å². The molecule has 0 saturated carbocycles. The average molecular weight is 229 g/mol. The first-order valence-electron chi connectivity index (χ1n) is 3.25. The molecule has 0 aliphatic rings. The van der Waals surface area contributed by atoms with Crippen LogP contribution in [0, 0.1) is 17.1 Å². The summed E-state index contributed by atoms with van der Waals surface area (Å²) in [6.45, 7) is 0. The zero-order valence-corrected chi connectivity index (χ0v) is 7.73. The van der Waals surface area contributed by atoms with Gasteiger partial charge in [-0.3, -0.25) is 0 Å². The Balaban J connectivity index is 3.16. The molecule has 1 aromatic rings. The lowest BCUT2D eigenvalue weighted by Crippen LogP contribution is -1.95. The second-order valence-electron chi connectivity index (χ2n) is 2.30. The number of hydrogen-bond donors (Lipinski definition) is 1. The topological polar surface area (TPSA) is 49.8 Å². The fourth-order valence-electron chi connectivity index (χ4n) is 0.842. The monoisotopic (exact) mass is 228 g/mol. The van der Waals surface area contributed by atoms with Gasteiger partial charge in [0.05, 0.1) is 17.0 Å². The molecule has 0 radical (unpaired) electrons. The van der Waals surface area contributed by atoms with Gasteiger partial charge in [-0.15, -0.1) is 0 Å². The van der Waals surface area contributed by atoms with Crippen molar-refractivity contribution in [3.8, 4) is 6.07 Å². The zero-order chi connectivity index (χ0) is 9.14. The highest BCUT2D eigenvalue weighted by atomic mass is 79.9. The SMILES string of the molecule is N#CCc1cc(F)c(Br)cc1N. The molecule has 2 N–H and O–H groups in total. The quantitative estimate of drug-likeness (QED) is 0.750. The van der Waals surface area contributed by atoms with Gasteiger partial charge in [0, 0.05) is 5.69 Å². The van der Waals surface area contributed by atoms with Crippen molar-refractivity contribution in [2.45, 2.75) is 6.42 Å². The van der Waals surface area contributed by atoms with E-state index in [0.717, 1.165) is 0 Å². The Morgan fingerprint density at radius 3 is 2.83 bits per heavy atom. The number of nitrogens with two attached hydrogens (primary N) is 1. The predicted octanol–water partition coefficient (Wildman–Crippen LogP) is 2.24. The number of halogens is 2. The van der Waals surface area contributed by atoms with Crippen LogP contribution in [0.15, 0.2) is 16.6 Å². The summed E-state index contributed by atoms with van der Waals surface area (Å²) < 4.78 is 13.2. The van der Waals surface area contributed by atoms with E-state index < -0.39 is 5.82 Å². The van der Waals surface area contributed by atoms with Crippen molar-refractivity contribution in [1.82, 2.24) is 0 Å². The van der Waals surface area contributed by atoms with Gasteiger partial charge >= 0.3 is 0 Å². The summed E-state index contributed by atoms with van der Waals surface area (Å²) in [5.74, 6) is -0.394. The average Bonchev–Trinajstić information content (AvgIpc) is 2.01. The molecule has 0 unspecified atom stereocenters. The summed E-state index contributed by atoms with van der Waals surface area (Å²) in [6, 6.07) is 4.64. The molecule has 0 aliphatic heterocycles. The summed E-state index contributed by atoms with van der Waals surface area (Å²) in [5, 5.41) is 8.36. The Bertz CT molecular complexity index is 344. The summed E-state index contributed by atoms with van der Waals surface area (Å²) in [7, 11) is 0. The van der Waals surface area contributed by atoms with E-state index in [1.807, 2.05) is 6.07 Å². The van der Waals surface area contributed by atoms with Crippen LogP contribution in [0.3, 0.4) is 0 Å². The van der Waals surface area contributed by atoms with E-state index in [1.54, 1.807) is 0 Å². The highest BCUT2D eigenvalue weighted by molar-refractivity contribution is 9.10. The fourth-order valence-corrected chi connectivity index (χ4v) is 1.20. The Kier molecular flexibility index (Phi) is 2.66. The Labute approximate surface area is 77.9 Å². The molecule has 0 bridgehead atoms. The predicted molar refractivity (Wildman–Crippen MR) is 47.8 cm³/mol. The summed E-state index contributed by atoms with van der Waals surface area (Å²) in [5.41, 5.74) is 6.49. The van der Waals surface area contributed by atoms with E-state index >= 15 is 0 Å². The van der Waals surface area contributed by atoms with Gasteiger partial charge in [-0.05, 0) is 33.6 Å². The molecule has 0 saturated heterocycles. The molecule has 4 heteroatoms. The van der Waals surface area contributed by atoms with Gasteiger partial charge in [-0.2, -0.15) is 5.26 Å². The van der Waals surface area contributed by atoms with E-state index in [2.05, 4.69) is 15.9 Å². The van der Waals surface area contributed by atoms with E-state index in [-0.39, 0.29) is 6.42 Å². The maximum Gasteiger partial charge on any atom is 0.137 e. The lowest BCUT2D eigenvalue weighted by molar-refractivity contribution is 0.620. The van der Waals surface area contributed by atoms with Crippen LogP contribution in [-0.2, 0) is 6.42 Å². The maximum atomic E-state index is 12.9. The first-order chi connectivity index (χ1) is 5.65. The van der Waals surface area contributed by atoms with Crippen molar-refractivity contribution in [3.63, 3.8) is 0 Å². The van der Waals surface area contributed by atoms with Crippen molar-refractivity contribution in [1.29, 1.82) is 5.26 Å². The zero-order valence-electron chi connectivity index (χ0n) is 6.14. The van der Waals surface area contributed by atoms with Crippen molar-refractivity contribution in [2.75, 3.05) is 5.73 Å². The largest absolute Gasteiger partial charge is 0.398 e. The Morgan fingerprint density at radius 1 is 1.58 bits per heavy atom. The lowest BCUT2D eigenvalue weighted by atomic mass is 10.1. The van der Waals surface area contributed by atoms with Gasteiger partial charge in [0.2, 0.25) is 0 Å². The molecule has 0 amide bonds. The summed E-state index contributed by atoms with van der Waals surface area (Å²) >= 11 is 2.99. The molecule has 0 spiro atoms. The highest BCUT2D eigenvalue weighted by Crippen LogP contribution is 2.22. The minimum atomic E-state index is -0.394. The number of benzene rings is 1. The van der Waals surface area contributed by atoms with Crippen LogP contribution in [0.1, 0.15) is 5.56 Å². The molecule has 0 fully saturated rings. The van der Waals surface area contributed by atoms with E-state index in [1.165, 1.54) is 12.1 Å². The van der Waals surface area contributed by atoms with E-state index in [4.69, 9.17) is 11.0 Å². The lowest BCUT2D eigenvalue weighted by Gasteiger charge is -2.02. The van der Waals surface area contributed by atoms with E-state index in [9.17, 15) is 4.39 Å². The second-order valence-corrected chi connectivity index (χ2v) is 3.15. The van der Waals surface area contributed by atoms with Crippen molar-refractivity contribution >= 4 is 21.6 Å². The number of hydrogen-bond acceptors (Lipinski definition) is 2. The van der Waals surface area contributed by atoms with Crippen LogP contribution < -0.4 is 5.73 Å². The Hall–Kier alpha value is -1.08. The van der Waals surface area contributed by atoms with Crippen LogP contribution in [0.2, 0.25) is 0 Å². The molecule has 62 valence electrons. The third-order valence-electron chi connectivity index (χ3n) is 1.45. The van der Waals surface area contributed by atoms with Crippen LogP contribution in [-0.4, -0.2) is 0 Å². The highest BCUT2D eigenvalue weighted by Gasteiger charge is 2.04. The van der Waals surface area contributed by atoms with Gasteiger partial charge in [0.1, 0.15) is 5.82 Å². The number of rotatable bonds is 1. The fraction of sp³-hybridized carbons (Fsp3) is 0.125. The van der Waals surface area contributed by atoms with E-state index in [0.29, 0.717) is 15.7 Å². The molecule has 12 heavy (non-hydrogen) atoms. The minimum absolute atomic E-state index is 0.135. The van der Waals surface area contributed by atoms with Crippen molar-refractivity contribution in [2.24, 2.45) is 0 Å². The second kappa shape index (κ2) is 3.55. The van der Waals surface area contributed by atoms with Gasteiger partial charge in [-0.25, -0.2) is 4.39 Å². The van der Waals surface area contributed by atoms with Crippen LogP contribution in [0.5, 0.6) is 0 Å². The van der Waals surface area contributed by atoms with Crippen LogP contribution >= 0.6 is 15.9 Å². The molecule has 0 aliphatic carbocycles. The first kappa shape index (κ1) is 9.01. The molecule has 1 rings (SSSR count). The minimum Gasteiger partial charge on any atom is -0.398 e. The Morgan fingerprint density at radius 2 is 2.25 bits per heavy atom. The smallest absolute Gasteiger partial charge is 0.137 e. The first-order valence-corrected chi connectivity index (χ1v) is 4.05. The molecule has 0 aromatic heterocycles. The van der Waals surface area contributed by atoms with Gasteiger partial charge in [0.15, 0.2) is 0 Å². The summed E-state index contributed by atoms with van der Waals surface area (Å²) in [4.78, 5) is 0. The van der Waals surface area contributed by atoms with Gasteiger partial charge in [0.25, 0.3) is 0 Å². The van der Waals surface area contributed by atoms with Crippen LogP contribution in [0.4, 0.5) is 10.1 Å². The third-order valence-corrected chi connectivity index (χ3v) is 2.06. The van der Waals surface area contributed by atoms with Crippen molar-refractivity contribution < 1.29 is 4.39 Å². The number of nitrogens with zero attached hydrogens (tertiary/aromatic N) is 1. The molecule has 1 aromatic carbocycles.